The summed E-state index contributed by atoms with van der Waals surface area (Å²) >= 11 is 0. The lowest BCUT2D eigenvalue weighted by Crippen LogP contribution is -1.93. The van der Waals surface area contributed by atoms with E-state index in [1.807, 2.05) is 0 Å². The molecule has 0 bridgehead atoms. The maximum absolute atomic E-state index is 2.42. The van der Waals surface area contributed by atoms with Crippen molar-refractivity contribution < 1.29 is 0 Å². The lowest BCUT2D eigenvalue weighted by Gasteiger charge is -2.19. The van der Waals surface area contributed by atoms with Crippen LogP contribution in [-0.4, -0.2) is 0 Å². The Balaban J connectivity index is 1.16. The first-order chi connectivity index (χ1) is 27.8. The fourth-order valence-corrected chi connectivity index (χ4v) is 8.39. The van der Waals surface area contributed by atoms with Crippen molar-refractivity contribution in [1.29, 1.82) is 0 Å². The van der Waals surface area contributed by atoms with Gasteiger partial charge < -0.3 is 0 Å². The van der Waals surface area contributed by atoms with Crippen LogP contribution in [0.4, 0.5) is 0 Å². The Hall–Kier alpha value is -7.28. The van der Waals surface area contributed by atoms with Gasteiger partial charge in [0.15, 0.2) is 0 Å². The van der Waals surface area contributed by atoms with Crippen LogP contribution in [0.15, 0.2) is 231 Å². The molecule has 0 radical (unpaired) electrons. The molecule has 0 nitrogen and oxygen atoms in total. The van der Waals surface area contributed by atoms with Crippen LogP contribution < -0.4 is 0 Å². The fourth-order valence-electron chi connectivity index (χ4n) is 8.39. The van der Waals surface area contributed by atoms with E-state index < -0.39 is 0 Å². The van der Waals surface area contributed by atoms with Crippen LogP contribution >= 0.6 is 0 Å². The minimum atomic E-state index is 1.18. The fraction of sp³-hybridized carbons (Fsp3) is 0. The van der Waals surface area contributed by atoms with Crippen molar-refractivity contribution >= 4 is 21.5 Å². The Labute approximate surface area is 328 Å². The average Bonchev–Trinajstić information content (AvgIpc) is 3.29. The van der Waals surface area contributed by atoms with E-state index in [1.165, 1.54) is 99.4 Å². The Morgan fingerprint density at radius 3 is 1.00 bits per heavy atom. The van der Waals surface area contributed by atoms with Crippen molar-refractivity contribution in [1.82, 2.24) is 0 Å². The second kappa shape index (κ2) is 14.5. The Morgan fingerprint density at radius 1 is 0.161 bits per heavy atom. The van der Waals surface area contributed by atoms with Crippen LogP contribution in [0, 0.1) is 0 Å². The molecule has 0 fully saturated rings. The van der Waals surface area contributed by atoms with Gasteiger partial charge in [-0.25, -0.2) is 0 Å². The molecule has 0 amide bonds. The van der Waals surface area contributed by atoms with E-state index in [4.69, 9.17) is 0 Å². The van der Waals surface area contributed by atoms with Gasteiger partial charge in [-0.1, -0.05) is 212 Å². The lowest BCUT2D eigenvalue weighted by molar-refractivity contribution is 1.55. The van der Waals surface area contributed by atoms with E-state index >= 15 is 0 Å². The van der Waals surface area contributed by atoms with Gasteiger partial charge in [-0.2, -0.15) is 0 Å². The van der Waals surface area contributed by atoms with Crippen molar-refractivity contribution in [3.63, 3.8) is 0 Å². The van der Waals surface area contributed by atoms with Gasteiger partial charge >= 0.3 is 0 Å². The van der Waals surface area contributed by atoms with Gasteiger partial charge in [-0.15, -0.1) is 0 Å². The summed E-state index contributed by atoms with van der Waals surface area (Å²) in [6.45, 7) is 0. The first-order valence-corrected chi connectivity index (χ1v) is 19.3. The van der Waals surface area contributed by atoms with Crippen LogP contribution in [0.3, 0.4) is 0 Å². The SMILES string of the molecule is c1ccc(-c2cccc(-c3ccc(-c4cc(-c5c6ccccc6c(-c6ccccc6)c6ccccc56)ccc4-c4cccc(-c5ccccc5)c4)cc3)c2)cc1. The van der Waals surface area contributed by atoms with Gasteiger partial charge in [0.25, 0.3) is 0 Å². The standard InChI is InChI=1S/C56H38/c1-4-16-39(17-5-1)44-22-14-23-45(36-44)41-30-32-42(33-31-41)54-38-48(34-35-49(54)47-25-15-24-46(37-47)40-18-6-2-7-19-40)56-52-28-12-10-26-50(52)55(43-20-8-3-9-21-43)51-27-11-13-29-53(51)56/h1-38H. The molecule has 0 aliphatic carbocycles. The van der Waals surface area contributed by atoms with E-state index in [9.17, 15) is 0 Å². The predicted octanol–water partition coefficient (Wildman–Crippen LogP) is 15.7. The smallest absolute Gasteiger partial charge is 0.00261 e. The zero-order valence-corrected chi connectivity index (χ0v) is 30.9. The van der Waals surface area contributed by atoms with E-state index in [0.717, 1.165) is 0 Å². The highest BCUT2D eigenvalue weighted by molar-refractivity contribution is 6.21. The van der Waals surface area contributed by atoms with Crippen molar-refractivity contribution in [3.8, 4) is 77.9 Å². The van der Waals surface area contributed by atoms with Gasteiger partial charge in [0, 0.05) is 0 Å². The van der Waals surface area contributed by atoms with Crippen molar-refractivity contribution in [2.45, 2.75) is 0 Å². The molecule has 0 atom stereocenters. The Morgan fingerprint density at radius 2 is 0.500 bits per heavy atom. The molecule has 262 valence electrons. The summed E-state index contributed by atoms with van der Waals surface area (Å²) in [5, 5.41) is 5.03. The summed E-state index contributed by atoms with van der Waals surface area (Å²) in [6.07, 6.45) is 0. The normalized spacial score (nSPS) is 11.2. The van der Waals surface area contributed by atoms with Crippen molar-refractivity contribution in [3.05, 3.63) is 231 Å². The third kappa shape index (κ3) is 6.18. The van der Waals surface area contributed by atoms with Crippen LogP contribution in [0.2, 0.25) is 0 Å². The molecule has 0 N–H and O–H groups in total. The highest BCUT2D eigenvalue weighted by Crippen LogP contribution is 2.46. The van der Waals surface area contributed by atoms with Crippen LogP contribution in [0.5, 0.6) is 0 Å². The van der Waals surface area contributed by atoms with Gasteiger partial charge in [0.05, 0.1) is 0 Å². The lowest BCUT2D eigenvalue weighted by atomic mass is 9.84. The van der Waals surface area contributed by atoms with Crippen LogP contribution in [-0.2, 0) is 0 Å². The second-order valence-corrected chi connectivity index (χ2v) is 14.4. The third-order valence-electron chi connectivity index (χ3n) is 11.1. The molecule has 0 aliphatic rings. The van der Waals surface area contributed by atoms with Gasteiger partial charge in [0.1, 0.15) is 0 Å². The van der Waals surface area contributed by atoms with E-state index in [0.29, 0.717) is 0 Å². The van der Waals surface area contributed by atoms with E-state index in [1.54, 1.807) is 0 Å². The van der Waals surface area contributed by atoms with Gasteiger partial charge in [-0.3, -0.25) is 0 Å². The van der Waals surface area contributed by atoms with E-state index in [-0.39, 0.29) is 0 Å². The summed E-state index contributed by atoms with van der Waals surface area (Å²) < 4.78 is 0. The summed E-state index contributed by atoms with van der Waals surface area (Å²) in [6, 6.07) is 83.9. The summed E-state index contributed by atoms with van der Waals surface area (Å²) in [5.41, 5.74) is 17.0. The maximum atomic E-state index is 2.42. The molecule has 0 heteroatoms. The first kappa shape index (κ1) is 33.3. The van der Waals surface area contributed by atoms with Crippen LogP contribution in [0.1, 0.15) is 0 Å². The molecule has 0 heterocycles. The number of hydrogen-bond donors (Lipinski definition) is 0. The summed E-state index contributed by atoms with van der Waals surface area (Å²) in [4.78, 5) is 0. The number of fused-ring (bicyclic) bond motifs is 2. The zero-order chi connectivity index (χ0) is 37.3. The highest BCUT2D eigenvalue weighted by Gasteiger charge is 2.18. The van der Waals surface area contributed by atoms with Crippen LogP contribution in [0.25, 0.3) is 99.4 Å². The molecular formula is C56H38. The molecular weight excluding hydrogens is 673 g/mol. The van der Waals surface area contributed by atoms with E-state index in [2.05, 4.69) is 231 Å². The summed E-state index contributed by atoms with van der Waals surface area (Å²) in [7, 11) is 0. The predicted molar refractivity (Wildman–Crippen MR) is 240 cm³/mol. The molecule has 0 spiro atoms. The minimum absolute atomic E-state index is 1.18. The number of rotatable bonds is 7. The molecule has 0 saturated carbocycles. The molecule has 0 saturated heterocycles. The summed E-state index contributed by atoms with van der Waals surface area (Å²) in [5.74, 6) is 0. The Bertz CT molecular complexity index is 2920. The molecule has 10 rings (SSSR count). The molecule has 0 aromatic heterocycles. The first-order valence-electron chi connectivity index (χ1n) is 19.3. The third-order valence-corrected chi connectivity index (χ3v) is 11.1. The van der Waals surface area contributed by atoms with Gasteiger partial charge in [0.2, 0.25) is 0 Å². The second-order valence-electron chi connectivity index (χ2n) is 14.4. The molecule has 10 aromatic carbocycles. The Kier molecular flexibility index (Phi) is 8.63. The van der Waals surface area contributed by atoms with Gasteiger partial charge in [-0.05, 0) is 118 Å². The average molecular weight is 711 g/mol. The monoisotopic (exact) mass is 710 g/mol. The van der Waals surface area contributed by atoms with Crippen molar-refractivity contribution in [2.75, 3.05) is 0 Å². The maximum Gasteiger partial charge on any atom is -0.00261 e. The number of hydrogen-bond acceptors (Lipinski definition) is 0. The molecule has 56 heavy (non-hydrogen) atoms. The topological polar surface area (TPSA) is 0 Å². The minimum Gasteiger partial charge on any atom is -0.0622 e. The largest absolute Gasteiger partial charge is 0.0622 e. The quantitative estimate of drug-likeness (QED) is 0.144. The number of benzene rings is 10. The van der Waals surface area contributed by atoms with Crippen molar-refractivity contribution in [2.24, 2.45) is 0 Å². The molecule has 0 aliphatic heterocycles. The molecule has 10 aromatic rings. The zero-order valence-electron chi connectivity index (χ0n) is 30.9. The highest BCUT2D eigenvalue weighted by atomic mass is 14.2. The molecule has 0 unspecified atom stereocenters.